The van der Waals surface area contributed by atoms with E-state index in [1.807, 2.05) is 4.90 Å². The van der Waals surface area contributed by atoms with Crippen LogP contribution in [0.1, 0.15) is 12.8 Å². The minimum atomic E-state index is -0.517. The van der Waals surface area contributed by atoms with Crippen LogP contribution >= 0.6 is 0 Å². The van der Waals surface area contributed by atoms with Gasteiger partial charge in [0.2, 0.25) is 0 Å². The number of aliphatic hydroxyl groups excluding tert-OH is 1. The highest BCUT2D eigenvalue weighted by molar-refractivity contribution is 5.48. The van der Waals surface area contributed by atoms with Gasteiger partial charge < -0.3 is 20.1 Å². The van der Waals surface area contributed by atoms with Gasteiger partial charge in [0.1, 0.15) is 0 Å². The van der Waals surface area contributed by atoms with E-state index in [1.54, 1.807) is 6.07 Å². The smallest absolute Gasteiger partial charge is 0.363 e. The van der Waals surface area contributed by atoms with E-state index in [0.29, 0.717) is 0 Å². The molecule has 1 aromatic heterocycles. The number of rotatable bonds is 3. The first-order valence-electron chi connectivity index (χ1n) is 5.20. The van der Waals surface area contributed by atoms with E-state index in [-0.39, 0.29) is 18.5 Å². The Morgan fingerprint density at radius 3 is 3.00 bits per heavy atom. The zero-order chi connectivity index (χ0) is 11.5. The quantitative estimate of drug-likeness (QED) is 0.609. The van der Waals surface area contributed by atoms with Crippen molar-refractivity contribution >= 4 is 11.5 Å². The second-order valence-corrected chi connectivity index (χ2v) is 3.80. The van der Waals surface area contributed by atoms with Gasteiger partial charge in [0.25, 0.3) is 0 Å². The SMILES string of the molecule is O=[N+]([O-])c1ccc(N2CCCC2CO)cn1. The maximum absolute atomic E-state index is 10.4. The molecule has 0 spiro atoms. The van der Waals surface area contributed by atoms with Gasteiger partial charge in [0.05, 0.1) is 18.3 Å². The van der Waals surface area contributed by atoms with Crippen LogP contribution in [0.3, 0.4) is 0 Å². The van der Waals surface area contributed by atoms with Crippen LogP contribution < -0.4 is 4.90 Å². The van der Waals surface area contributed by atoms with E-state index in [1.165, 1.54) is 12.3 Å². The molecule has 2 heterocycles. The Hall–Kier alpha value is -1.69. The first kappa shape index (κ1) is 10.8. The van der Waals surface area contributed by atoms with Gasteiger partial charge >= 0.3 is 5.82 Å². The Morgan fingerprint density at radius 1 is 1.62 bits per heavy atom. The van der Waals surface area contributed by atoms with Gasteiger partial charge in [-0.05, 0) is 28.8 Å². The molecule has 0 saturated carbocycles. The summed E-state index contributed by atoms with van der Waals surface area (Å²) in [5, 5.41) is 19.6. The van der Waals surface area contributed by atoms with Crippen LogP contribution in [0.15, 0.2) is 18.3 Å². The molecule has 1 aliphatic rings. The molecule has 1 aromatic rings. The van der Waals surface area contributed by atoms with E-state index >= 15 is 0 Å². The van der Waals surface area contributed by atoms with E-state index in [4.69, 9.17) is 0 Å². The second kappa shape index (κ2) is 4.44. The van der Waals surface area contributed by atoms with Crippen LogP contribution in [0.4, 0.5) is 11.5 Å². The van der Waals surface area contributed by atoms with Crippen LogP contribution in [0.25, 0.3) is 0 Å². The molecule has 0 amide bonds. The van der Waals surface area contributed by atoms with Crippen LogP contribution in [0.5, 0.6) is 0 Å². The number of hydrogen-bond donors (Lipinski definition) is 1. The van der Waals surface area contributed by atoms with Gasteiger partial charge in [-0.3, -0.25) is 0 Å². The summed E-state index contributed by atoms with van der Waals surface area (Å²) in [4.78, 5) is 15.7. The van der Waals surface area contributed by atoms with Crippen molar-refractivity contribution in [2.75, 3.05) is 18.1 Å². The number of pyridine rings is 1. The average molecular weight is 223 g/mol. The first-order chi connectivity index (χ1) is 7.72. The summed E-state index contributed by atoms with van der Waals surface area (Å²) in [6.07, 6.45) is 3.47. The van der Waals surface area contributed by atoms with E-state index in [2.05, 4.69) is 4.98 Å². The Labute approximate surface area is 92.7 Å². The maximum Gasteiger partial charge on any atom is 0.363 e. The fraction of sp³-hybridized carbons (Fsp3) is 0.500. The molecule has 1 atom stereocenters. The molecular weight excluding hydrogens is 210 g/mol. The summed E-state index contributed by atoms with van der Waals surface area (Å²) in [5.74, 6) is -0.150. The number of nitrogens with zero attached hydrogens (tertiary/aromatic N) is 3. The molecule has 1 fully saturated rings. The highest BCUT2D eigenvalue weighted by atomic mass is 16.6. The summed E-state index contributed by atoms with van der Waals surface area (Å²) in [7, 11) is 0. The molecule has 16 heavy (non-hydrogen) atoms. The van der Waals surface area contributed by atoms with Crippen molar-refractivity contribution in [1.82, 2.24) is 4.98 Å². The summed E-state index contributed by atoms with van der Waals surface area (Å²) in [5.41, 5.74) is 0.835. The summed E-state index contributed by atoms with van der Waals surface area (Å²) in [6.45, 7) is 0.974. The Morgan fingerprint density at radius 2 is 2.44 bits per heavy atom. The van der Waals surface area contributed by atoms with Gasteiger partial charge in [-0.1, -0.05) is 0 Å². The molecule has 1 unspecified atom stereocenters. The minimum Gasteiger partial charge on any atom is -0.394 e. The molecule has 6 nitrogen and oxygen atoms in total. The van der Waals surface area contributed by atoms with Gasteiger partial charge in [-0.15, -0.1) is 0 Å². The lowest BCUT2D eigenvalue weighted by Crippen LogP contribution is -2.32. The van der Waals surface area contributed by atoms with Gasteiger partial charge in [0, 0.05) is 12.6 Å². The molecule has 0 bridgehead atoms. The Balaban J connectivity index is 2.18. The number of aromatic nitrogens is 1. The molecule has 0 radical (unpaired) electrons. The molecule has 0 aliphatic carbocycles. The summed E-state index contributed by atoms with van der Waals surface area (Å²) < 4.78 is 0. The highest BCUT2D eigenvalue weighted by Gasteiger charge is 2.25. The van der Waals surface area contributed by atoms with E-state index in [0.717, 1.165) is 25.1 Å². The molecule has 6 heteroatoms. The zero-order valence-corrected chi connectivity index (χ0v) is 8.74. The molecule has 86 valence electrons. The maximum atomic E-state index is 10.4. The normalized spacial score (nSPS) is 20.1. The number of hydrogen-bond acceptors (Lipinski definition) is 5. The Kier molecular flexibility index (Phi) is 3.00. The first-order valence-corrected chi connectivity index (χ1v) is 5.20. The molecule has 1 aliphatic heterocycles. The largest absolute Gasteiger partial charge is 0.394 e. The van der Waals surface area contributed by atoms with Crippen LogP contribution in [-0.4, -0.2) is 34.2 Å². The molecular formula is C10H13N3O3. The Bertz CT molecular complexity index is 379. The van der Waals surface area contributed by atoms with Gasteiger partial charge in [-0.2, -0.15) is 0 Å². The van der Waals surface area contributed by atoms with Crippen LogP contribution in [-0.2, 0) is 0 Å². The van der Waals surface area contributed by atoms with Crippen molar-refractivity contribution in [3.8, 4) is 0 Å². The molecule has 0 aromatic carbocycles. The lowest BCUT2D eigenvalue weighted by molar-refractivity contribution is -0.389. The van der Waals surface area contributed by atoms with Crippen molar-refractivity contribution in [1.29, 1.82) is 0 Å². The standard InChI is InChI=1S/C10H13N3O3/c14-7-9-2-1-5-12(9)8-3-4-10(11-6-8)13(15)16/h3-4,6,9,14H,1-2,5,7H2. The fourth-order valence-electron chi connectivity index (χ4n) is 2.02. The second-order valence-electron chi connectivity index (χ2n) is 3.80. The number of aliphatic hydroxyl groups is 1. The average Bonchev–Trinajstić information content (AvgIpc) is 2.77. The predicted octanol–water partition coefficient (Wildman–Crippen LogP) is 0.951. The minimum absolute atomic E-state index is 0.108. The van der Waals surface area contributed by atoms with E-state index in [9.17, 15) is 15.2 Å². The molecule has 1 N–H and O–H groups in total. The van der Waals surface area contributed by atoms with E-state index < -0.39 is 4.92 Å². The highest BCUT2D eigenvalue weighted by Crippen LogP contribution is 2.25. The lowest BCUT2D eigenvalue weighted by Gasteiger charge is -2.23. The third kappa shape index (κ3) is 1.96. The molecule has 1 saturated heterocycles. The fourth-order valence-corrected chi connectivity index (χ4v) is 2.02. The van der Waals surface area contributed by atoms with Crippen LogP contribution in [0, 0.1) is 10.1 Å². The third-order valence-corrected chi connectivity index (χ3v) is 2.84. The monoisotopic (exact) mass is 223 g/mol. The topological polar surface area (TPSA) is 79.5 Å². The van der Waals surface area contributed by atoms with Crippen molar-refractivity contribution in [3.63, 3.8) is 0 Å². The molecule has 2 rings (SSSR count). The predicted molar refractivity (Wildman–Crippen MR) is 58.3 cm³/mol. The van der Waals surface area contributed by atoms with Crippen molar-refractivity contribution in [2.24, 2.45) is 0 Å². The number of nitro groups is 1. The summed E-state index contributed by atoms with van der Waals surface area (Å²) in [6, 6.07) is 3.18. The van der Waals surface area contributed by atoms with Crippen molar-refractivity contribution in [2.45, 2.75) is 18.9 Å². The van der Waals surface area contributed by atoms with Crippen LogP contribution in [0.2, 0.25) is 0 Å². The van der Waals surface area contributed by atoms with Crippen molar-refractivity contribution < 1.29 is 10.0 Å². The zero-order valence-electron chi connectivity index (χ0n) is 8.74. The number of anilines is 1. The van der Waals surface area contributed by atoms with Crippen molar-refractivity contribution in [3.05, 3.63) is 28.4 Å². The lowest BCUT2D eigenvalue weighted by atomic mass is 10.2. The third-order valence-electron chi connectivity index (χ3n) is 2.84. The summed E-state index contributed by atoms with van der Waals surface area (Å²) >= 11 is 0. The van der Waals surface area contributed by atoms with Gasteiger partial charge in [0.15, 0.2) is 6.20 Å². The van der Waals surface area contributed by atoms with Gasteiger partial charge in [-0.25, -0.2) is 0 Å².